The second-order valence-corrected chi connectivity index (χ2v) is 10.5. The summed E-state index contributed by atoms with van der Waals surface area (Å²) in [5.41, 5.74) is 2.37. The molecule has 1 atom stereocenters. The molecule has 1 saturated heterocycles. The summed E-state index contributed by atoms with van der Waals surface area (Å²) in [6.45, 7) is 2.28. The van der Waals surface area contributed by atoms with Crippen molar-refractivity contribution < 1.29 is 18.3 Å². The van der Waals surface area contributed by atoms with E-state index < -0.39 is 27.0 Å². The van der Waals surface area contributed by atoms with Gasteiger partial charge in [-0.05, 0) is 56.3 Å². The predicted molar refractivity (Wildman–Crippen MR) is 119 cm³/mol. The summed E-state index contributed by atoms with van der Waals surface area (Å²) in [6, 6.07) is 20.0. The minimum atomic E-state index is -3.43. The van der Waals surface area contributed by atoms with Crippen molar-refractivity contribution in [1.82, 2.24) is 4.90 Å². The van der Waals surface area contributed by atoms with Gasteiger partial charge < -0.3 is 5.11 Å². The summed E-state index contributed by atoms with van der Waals surface area (Å²) < 4.78 is 25.8. The molecule has 6 heteroatoms. The summed E-state index contributed by atoms with van der Waals surface area (Å²) in [7, 11) is -3.43. The first-order valence-corrected chi connectivity index (χ1v) is 12.4. The second-order valence-electron chi connectivity index (χ2n) is 8.20. The Morgan fingerprint density at radius 2 is 1.53 bits per heavy atom. The number of aryl methyl sites for hydroxylation is 1. The average molecular weight is 430 g/mol. The van der Waals surface area contributed by atoms with E-state index in [1.54, 1.807) is 0 Å². The fourth-order valence-electron chi connectivity index (χ4n) is 4.16. The molecule has 1 unspecified atom stereocenters. The number of hydrogen-bond acceptors (Lipinski definition) is 4. The van der Waals surface area contributed by atoms with Gasteiger partial charge in [-0.1, -0.05) is 60.7 Å². The van der Waals surface area contributed by atoms with Crippen molar-refractivity contribution in [2.45, 2.75) is 43.9 Å². The van der Waals surface area contributed by atoms with Gasteiger partial charge in [0.1, 0.15) is 0 Å². The van der Waals surface area contributed by atoms with Gasteiger partial charge in [0.05, 0.1) is 16.9 Å². The number of sulfone groups is 1. The Bertz CT molecular complexity index is 891. The van der Waals surface area contributed by atoms with E-state index in [1.165, 1.54) is 5.56 Å². The third-order valence-electron chi connectivity index (χ3n) is 5.94. The number of carboxylic acids is 1. The standard InChI is InChI=1S/C24H31NO4S/c26-24(27)22(13-7-12-20-8-3-1-4-9-20)19-30(28,29)23-14-16-25(17-15-23)18-21-10-5-2-6-11-21/h1-6,8-11,22-23H,7,12-19H2,(H,26,27). The van der Waals surface area contributed by atoms with Crippen molar-refractivity contribution >= 4 is 15.8 Å². The third kappa shape index (κ3) is 6.67. The first kappa shape index (κ1) is 22.5. The van der Waals surface area contributed by atoms with Gasteiger partial charge in [-0.2, -0.15) is 0 Å². The number of aliphatic carboxylic acids is 1. The highest BCUT2D eigenvalue weighted by Gasteiger charge is 2.33. The lowest BCUT2D eigenvalue weighted by Crippen LogP contribution is -2.41. The number of likely N-dealkylation sites (tertiary alicyclic amines) is 1. The highest BCUT2D eigenvalue weighted by Crippen LogP contribution is 2.23. The van der Waals surface area contributed by atoms with Gasteiger partial charge in [-0.25, -0.2) is 8.42 Å². The highest BCUT2D eigenvalue weighted by atomic mass is 32.2. The van der Waals surface area contributed by atoms with E-state index in [4.69, 9.17) is 0 Å². The SMILES string of the molecule is O=C(O)C(CCCc1ccccc1)CS(=O)(=O)C1CCN(Cc2ccccc2)CC1. The van der Waals surface area contributed by atoms with E-state index >= 15 is 0 Å². The molecule has 2 aromatic rings. The molecule has 1 aliphatic heterocycles. The molecule has 162 valence electrons. The van der Waals surface area contributed by atoms with Gasteiger partial charge in [0, 0.05) is 6.54 Å². The lowest BCUT2D eigenvalue weighted by Gasteiger charge is -2.32. The molecule has 0 amide bonds. The van der Waals surface area contributed by atoms with Crippen LogP contribution in [0.25, 0.3) is 0 Å². The fraction of sp³-hybridized carbons (Fsp3) is 0.458. The fourth-order valence-corrected chi connectivity index (χ4v) is 6.23. The summed E-state index contributed by atoms with van der Waals surface area (Å²) >= 11 is 0. The van der Waals surface area contributed by atoms with Crippen LogP contribution in [0.4, 0.5) is 0 Å². The van der Waals surface area contributed by atoms with E-state index in [0.29, 0.717) is 25.7 Å². The van der Waals surface area contributed by atoms with Gasteiger partial charge in [-0.3, -0.25) is 9.69 Å². The second kappa shape index (κ2) is 10.7. The summed E-state index contributed by atoms with van der Waals surface area (Å²) in [6.07, 6.45) is 2.97. The molecule has 0 bridgehead atoms. The van der Waals surface area contributed by atoms with Gasteiger partial charge in [0.2, 0.25) is 0 Å². The number of rotatable bonds is 10. The zero-order valence-electron chi connectivity index (χ0n) is 17.3. The molecule has 0 aliphatic carbocycles. The highest BCUT2D eigenvalue weighted by molar-refractivity contribution is 7.92. The molecule has 0 spiro atoms. The molecule has 30 heavy (non-hydrogen) atoms. The van der Waals surface area contributed by atoms with Crippen LogP contribution < -0.4 is 0 Å². The van der Waals surface area contributed by atoms with E-state index in [0.717, 1.165) is 31.6 Å². The van der Waals surface area contributed by atoms with Crippen molar-refractivity contribution in [3.63, 3.8) is 0 Å². The average Bonchev–Trinajstić information content (AvgIpc) is 2.75. The van der Waals surface area contributed by atoms with Crippen LogP contribution in [-0.4, -0.2) is 48.5 Å². The maximum absolute atomic E-state index is 12.9. The Morgan fingerprint density at radius 3 is 2.10 bits per heavy atom. The van der Waals surface area contributed by atoms with E-state index in [1.807, 2.05) is 48.5 Å². The van der Waals surface area contributed by atoms with Crippen LogP contribution in [0.2, 0.25) is 0 Å². The van der Waals surface area contributed by atoms with Crippen LogP contribution >= 0.6 is 0 Å². The lowest BCUT2D eigenvalue weighted by atomic mass is 10.0. The van der Waals surface area contributed by atoms with Gasteiger partial charge in [-0.15, -0.1) is 0 Å². The smallest absolute Gasteiger partial charge is 0.307 e. The molecule has 0 aromatic heterocycles. The molecule has 1 N–H and O–H groups in total. The van der Waals surface area contributed by atoms with Crippen molar-refractivity contribution in [2.75, 3.05) is 18.8 Å². The van der Waals surface area contributed by atoms with Crippen LogP contribution in [0.5, 0.6) is 0 Å². The monoisotopic (exact) mass is 429 g/mol. The van der Waals surface area contributed by atoms with Crippen molar-refractivity contribution in [3.8, 4) is 0 Å². The number of nitrogens with zero attached hydrogens (tertiary/aromatic N) is 1. The molecule has 2 aromatic carbocycles. The molecule has 5 nitrogen and oxygen atoms in total. The maximum Gasteiger partial charge on any atom is 0.307 e. The first-order valence-electron chi connectivity index (χ1n) is 10.7. The number of piperidine rings is 1. The van der Waals surface area contributed by atoms with Crippen LogP contribution in [-0.2, 0) is 27.6 Å². The summed E-state index contributed by atoms with van der Waals surface area (Å²) in [5.74, 6) is -2.09. The minimum Gasteiger partial charge on any atom is -0.481 e. The summed E-state index contributed by atoms with van der Waals surface area (Å²) in [4.78, 5) is 14.0. The zero-order chi connectivity index (χ0) is 21.4. The number of carbonyl (C=O) groups is 1. The normalized spacial score (nSPS) is 16.9. The molecule has 3 rings (SSSR count). The predicted octanol–water partition coefficient (Wildman–Crippen LogP) is 3.79. The van der Waals surface area contributed by atoms with Gasteiger partial charge in [0.25, 0.3) is 0 Å². The molecule has 1 heterocycles. The molecular formula is C24H31NO4S. The molecule has 1 fully saturated rings. The minimum absolute atomic E-state index is 0.250. The number of carboxylic acid groups (broad SMARTS) is 1. The van der Waals surface area contributed by atoms with E-state index in [9.17, 15) is 18.3 Å². The molecule has 0 radical (unpaired) electrons. The Hall–Kier alpha value is -2.18. The van der Waals surface area contributed by atoms with Crippen LogP contribution in [0, 0.1) is 5.92 Å². The van der Waals surface area contributed by atoms with Gasteiger partial charge >= 0.3 is 5.97 Å². The van der Waals surface area contributed by atoms with Crippen molar-refractivity contribution in [2.24, 2.45) is 5.92 Å². The van der Waals surface area contributed by atoms with E-state index in [2.05, 4.69) is 17.0 Å². The van der Waals surface area contributed by atoms with Crippen molar-refractivity contribution in [1.29, 1.82) is 0 Å². The van der Waals surface area contributed by atoms with E-state index in [-0.39, 0.29) is 5.75 Å². The molecule has 0 saturated carbocycles. The number of benzene rings is 2. The quantitative estimate of drug-likeness (QED) is 0.622. The van der Waals surface area contributed by atoms with Crippen LogP contribution in [0.15, 0.2) is 60.7 Å². The van der Waals surface area contributed by atoms with Gasteiger partial charge in [0.15, 0.2) is 9.84 Å². The lowest BCUT2D eigenvalue weighted by molar-refractivity contribution is -0.141. The van der Waals surface area contributed by atoms with Crippen LogP contribution in [0.3, 0.4) is 0 Å². The Kier molecular flexibility index (Phi) is 8.05. The van der Waals surface area contributed by atoms with Crippen molar-refractivity contribution in [3.05, 3.63) is 71.8 Å². The number of hydrogen-bond donors (Lipinski definition) is 1. The zero-order valence-corrected chi connectivity index (χ0v) is 18.1. The third-order valence-corrected chi connectivity index (χ3v) is 8.29. The molecular weight excluding hydrogens is 398 g/mol. The molecule has 1 aliphatic rings. The summed E-state index contributed by atoms with van der Waals surface area (Å²) in [5, 5.41) is 9.14. The Labute approximate surface area is 179 Å². The largest absolute Gasteiger partial charge is 0.481 e. The maximum atomic E-state index is 12.9. The topological polar surface area (TPSA) is 74.7 Å². The van der Waals surface area contributed by atoms with Crippen LogP contribution in [0.1, 0.15) is 36.8 Å². The Balaban J connectivity index is 1.49. The first-order chi connectivity index (χ1) is 14.4. The Morgan fingerprint density at radius 1 is 0.967 bits per heavy atom.